The second-order valence-corrected chi connectivity index (χ2v) is 15.4. The molecule has 4 bridgehead atoms. The Morgan fingerprint density at radius 2 is 1.95 bits per heavy atom. The van der Waals surface area contributed by atoms with Gasteiger partial charge in [-0.25, -0.2) is 13.1 Å². The number of anilines is 1. The molecule has 41 heavy (non-hydrogen) atoms. The average Bonchev–Trinajstić information content (AvgIpc) is 3.10. The van der Waals surface area contributed by atoms with Crippen LogP contribution in [0.1, 0.15) is 72.9 Å². The van der Waals surface area contributed by atoms with Gasteiger partial charge in [0.15, 0.2) is 0 Å². The molecule has 2 aliphatic heterocycles. The Labute approximate surface area is 248 Å². The van der Waals surface area contributed by atoms with Gasteiger partial charge < -0.3 is 14.4 Å². The number of carbonyl (C=O) groups is 1. The fourth-order valence-electron chi connectivity index (χ4n) is 8.54. The van der Waals surface area contributed by atoms with Crippen LogP contribution < -0.4 is 14.4 Å². The fraction of sp³-hybridized carbons (Fsp3) is 0.594. The van der Waals surface area contributed by atoms with Gasteiger partial charge in [-0.3, -0.25) is 4.79 Å². The van der Waals surface area contributed by atoms with E-state index in [-0.39, 0.29) is 17.4 Å². The lowest BCUT2D eigenvalue weighted by Crippen LogP contribution is -2.51. The lowest BCUT2D eigenvalue weighted by Gasteiger charge is -2.48. The van der Waals surface area contributed by atoms with Crippen molar-refractivity contribution in [3.8, 4) is 5.75 Å². The summed E-state index contributed by atoms with van der Waals surface area (Å²) in [5.74, 6) is 1.14. The molecule has 0 aromatic heterocycles. The summed E-state index contributed by atoms with van der Waals surface area (Å²) in [6.07, 6.45) is 8.21. The number of ether oxygens (including phenoxy) is 2. The molecular weight excluding hydrogens is 560 g/mol. The van der Waals surface area contributed by atoms with Crippen molar-refractivity contribution in [1.29, 1.82) is 0 Å². The van der Waals surface area contributed by atoms with Crippen molar-refractivity contribution in [2.24, 2.45) is 17.8 Å². The van der Waals surface area contributed by atoms with Gasteiger partial charge in [0.25, 0.3) is 5.91 Å². The zero-order valence-electron chi connectivity index (χ0n) is 23.6. The molecule has 2 aromatic carbocycles. The standard InChI is InChI=1S/C32H39ClN2O5S/c1-39-30-21-4-2-6-25(15-21)41(37,38)34-31(36)22-8-12-29-28(16-22)35(17-23-7-10-26(23)30)18-32(19-40-29)13-3-5-20-14-24(33)9-11-27(20)32/h8-9,11-12,14,16,21,23,25-26,30H,2-7,10,13,15,17-19H2,1H3,(H,34,36)/t21-,23+,25+,26-,30+,32+/m1/s1. The number of hydrogen-bond acceptors (Lipinski definition) is 6. The minimum Gasteiger partial charge on any atom is -0.490 e. The molecule has 5 aliphatic rings. The molecule has 2 saturated carbocycles. The van der Waals surface area contributed by atoms with E-state index in [2.05, 4.69) is 21.8 Å². The minimum atomic E-state index is -3.82. The van der Waals surface area contributed by atoms with Crippen LogP contribution in [0.4, 0.5) is 5.69 Å². The molecule has 3 aliphatic carbocycles. The second-order valence-electron chi connectivity index (χ2n) is 13.0. The van der Waals surface area contributed by atoms with Gasteiger partial charge in [0.05, 0.1) is 23.6 Å². The number of hydrogen-bond donors (Lipinski definition) is 1. The number of sulfonamides is 1. The van der Waals surface area contributed by atoms with Crippen LogP contribution in [-0.4, -0.2) is 52.5 Å². The summed E-state index contributed by atoms with van der Waals surface area (Å²) in [6, 6.07) is 11.6. The van der Waals surface area contributed by atoms with E-state index < -0.39 is 21.2 Å². The van der Waals surface area contributed by atoms with Crippen LogP contribution in [0.2, 0.25) is 5.02 Å². The average molecular weight is 599 g/mol. The number of aryl methyl sites for hydroxylation is 1. The molecule has 0 radical (unpaired) electrons. The largest absolute Gasteiger partial charge is 0.490 e. The highest BCUT2D eigenvalue weighted by Crippen LogP contribution is 2.48. The number of rotatable bonds is 1. The first-order valence-corrected chi connectivity index (χ1v) is 17.1. The maximum absolute atomic E-state index is 13.4. The van der Waals surface area contributed by atoms with E-state index in [1.165, 1.54) is 11.1 Å². The summed E-state index contributed by atoms with van der Waals surface area (Å²) in [7, 11) is -2.04. The van der Waals surface area contributed by atoms with Crippen molar-refractivity contribution in [2.45, 2.75) is 74.6 Å². The first kappa shape index (κ1) is 27.5. The van der Waals surface area contributed by atoms with Gasteiger partial charge in [-0.05, 0) is 111 Å². The van der Waals surface area contributed by atoms with Crippen molar-refractivity contribution < 1.29 is 22.7 Å². The van der Waals surface area contributed by atoms with Crippen LogP contribution in [0.5, 0.6) is 5.75 Å². The maximum Gasteiger partial charge on any atom is 0.264 e. The van der Waals surface area contributed by atoms with Gasteiger partial charge >= 0.3 is 0 Å². The molecule has 7 rings (SSSR count). The highest BCUT2D eigenvalue weighted by molar-refractivity contribution is 7.90. The Hall–Kier alpha value is -2.29. The maximum atomic E-state index is 13.4. The van der Waals surface area contributed by atoms with E-state index in [1.54, 1.807) is 13.2 Å². The quantitative estimate of drug-likeness (QED) is 0.468. The Morgan fingerprint density at radius 3 is 2.76 bits per heavy atom. The molecule has 9 heteroatoms. The second kappa shape index (κ2) is 10.5. The zero-order chi connectivity index (χ0) is 28.4. The van der Waals surface area contributed by atoms with Crippen LogP contribution in [0, 0.1) is 17.8 Å². The van der Waals surface area contributed by atoms with E-state index in [1.807, 2.05) is 18.2 Å². The van der Waals surface area contributed by atoms with Gasteiger partial charge in [0.1, 0.15) is 5.75 Å². The molecule has 6 atom stereocenters. The lowest BCUT2D eigenvalue weighted by molar-refractivity contribution is -0.0589. The predicted molar refractivity (Wildman–Crippen MR) is 159 cm³/mol. The number of nitrogens with one attached hydrogen (secondary N) is 1. The molecule has 2 heterocycles. The molecule has 2 fully saturated rings. The van der Waals surface area contributed by atoms with Crippen LogP contribution in [-0.2, 0) is 26.6 Å². The van der Waals surface area contributed by atoms with Gasteiger partial charge in [-0.15, -0.1) is 0 Å². The number of methoxy groups -OCH3 is 1. The molecule has 0 saturated heterocycles. The molecule has 7 nitrogen and oxygen atoms in total. The Kier molecular flexibility index (Phi) is 7.02. The molecular formula is C32H39ClN2O5S. The van der Waals surface area contributed by atoms with Gasteiger partial charge in [-0.2, -0.15) is 0 Å². The van der Waals surface area contributed by atoms with Crippen molar-refractivity contribution >= 4 is 33.2 Å². The predicted octanol–water partition coefficient (Wildman–Crippen LogP) is 5.49. The van der Waals surface area contributed by atoms with Crippen LogP contribution in [0.25, 0.3) is 0 Å². The third-order valence-electron chi connectivity index (χ3n) is 10.7. The number of nitrogens with zero attached hydrogens (tertiary/aromatic N) is 1. The number of halogens is 1. The monoisotopic (exact) mass is 598 g/mol. The van der Waals surface area contributed by atoms with E-state index in [0.29, 0.717) is 36.8 Å². The summed E-state index contributed by atoms with van der Waals surface area (Å²) in [4.78, 5) is 15.8. The van der Waals surface area contributed by atoms with Crippen LogP contribution >= 0.6 is 11.6 Å². The molecule has 1 spiro atoms. The van der Waals surface area contributed by atoms with Gasteiger partial charge in [0, 0.05) is 36.2 Å². The molecule has 1 amide bonds. The first-order chi connectivity index (χ1) is 19.8. The summed E-state index contributed by atoms with van der Waals surface area (Å²) < 4.78 is 42.0. The van der Waals surface area contributed by atoms with E-state index in [4.69, 9.17) is 21.1 Å². The SMILES string of the molecule is CO[C@H]1[C@@H]2CCC[C@@H](C2)S(=O)(=O)NC(=O)c2ccc3c(c2)N(C[C@@H]2CC[C@H]21)C[C@@]1(CCCc2cc(Cl)ccc21)CO3. The number of amides is 1. The van der Waals surface area contributed by atoms with Crippen molar-refractivity contribution in [3.05, 3.63) is 58.1 Å². The van der Waals surface area contributed by atoms with Crippen molar-refractivity contribution in [2.75, 3.05) is 31.7 Å². The van der Waals surface area contributed by atoms with E-state index >= 15 is 0 Å². The summed E-state index contributed by atoms with van der Waals surface area (Å²) >= 11 is 6.41. The smallest absolute Gasteiger partial charge is 0.264 e. The van der Waals surface area contributed by atoms with Crippen molar-refractivity contribution in [1.82, 2.24) is 4.72 Å². The molecule has 220 valence electrons. The third kappa shape index (κ3) is 4.84. The normalized spacial score (nSPS) is 34.1. The Balaban J connectivity index is 1.32. The molecule has 2 aromatic rings. The summed E-state index contributed by atoms with van der Waals surface area (Å²) in [5.41, 5.74) is 3.60. The van der Waals surface area contributed by atoms with E-state index in [0.717, 1.165) is 74.5 Å². The van der Waals surface area contributed by atoms with Gasteiger partial charge in [-0.1, -0.05) is 24.1 Å². The minimum absolute atomic E-state index is 0.0194. The third-order valence-corrected chi connectivity index (χ3v) is 12.7. The topological polar surface area (TPSA) is 84.9 Å². The van der Waals surface area contributed by atoms with E-state index in [9.17, 15) is 13.2 Å². The van der Waals surface area contributed by atoms with Crippen molar-refractivity contribution in [3.63, 3.8) is 0 Å². The number of benzene rings is 2. The highest BCUT2D eigenvalue weighted by Gasteiger charge is 2.47. The Bertz CT molecular complexity index is 1460. The van der Waals surface area contributed by atoms with Gasteiger partial charge in [0.2, 0.25) is 10.0 Å². The number of fused-ring (bicyclic) bond motifs is 6. The number of carbonyl (C=O) groups excluding carboxylic acids is 1. The Morgan fingerprint density at radius 1 is 1.07 bits per heavy atom. The summed E-state index contributed by atoms with van der Waals surface area (Å²) in [6.45, 7) is 2.17. The highest BCUT2D eigenvalue weighted by atomic mass is 35.5. The lowest BCUT2D eigenvalue weighted by atomic mass is 9.65. The summed E-state index contributed by atoms with van der Waals surface area (Å²) in [5, 5.41) is 0.181. The van der Waals surface area contributed by atoms with Crippen LogP contribution in [0.15, 0.2) is 36.4 Å². The first-order valence-electron chi connectivity index (χ1n) is 15.2. The zero-order valence-corrected chi connectivity index (χ0v) is 25.2. The van der Waals surface area contributed by atoms with Crippen LogP contribution in [0.3, 0.4) is 0 Å². The fourth-order valence-corrected chi connectivity index (χ4v) is 10.3. The molecule has 1 N–H and O–H groups in total. The molecule has 0 unspecified atom stereocenters.